The second kappa shape index (κ2) is 7.79. The third kappa shape index (κ3) is 5.51. The Kier molecular flexibility index (Phi) is 6.01. The number of hydrogen-bond acceptors (Lipinski definition) is 4. The molecule has 1 aromatic rings. The van der Waals surface area contributed by atoms with E-state index in [2.05, 4.69) is 5.32 Å². The van der Waals surface area contributed by atoms with E-state index in [1.54, 1.807) is 0 Å². The second-order valence-electron chi connectivity index (χ2n) is 5.89. The first-order valence-corrected chi connectivity index (χ1v) is 9.63. The van der Waals surface area contributed by atoms with Gasteiger partial charge in [-0.15, -0.1) is 0 Å². The van der Waals surface area contributed by atoms with Crippen molar-refractivity contribution in [3.8, 4) is 5.75 Å². The molecule has 1 amide bonds. The Hall–Kier alpha value is -1.60. The van der Waals surface area contributed by atoms with Crippen LogP contribution in [0.5, 0.6) is 5.75 Å². The van der Waals surface area contributed by atoms with E-state index in [0.717, 1.165) is 11.3 Å². The van der Waals surface area contributed by atoms with Crippen molar-refractivity contribution < 1.29 is 17.9 Å². The molecule has 0 aliphatic carbocycles. The lowest BCUT2D eigenvalue weighted by Gasteiger charge is -2.29. The van der Waals surface area contributed by atoms with Gasteiger partial charge in [-0.2, -0.15) is 0 Å². The molecule has 1 saturated heterocycles. The highest BCUT2D eigenvalue weighted by Gasteiger charge is 2.28. The molecule has 0 aromatic heterocycles. The summed E-state index contributed by atoms with van der Waals surface area (Å²) in [5.41, 5.74) is 1.13. The maximum Gasteiger partial charge on any atom is 0.223 e. The van der Waals surface area contributed by atoms with Gasteiger partial charge in [0, 0.05) is 19.0 Å². The minimum Gasteiger partial charge on any atom is -0.492 e. The number of carbonyl (C=O) groups is 1. The number of benzene rings is 1. The summed E-state index contributed by atoms with van der Waals surface area (Å²) in [5, 5.41) is 2.86. The Morgan fingerprint density at radius 2 is 2.04 bits per heavy atom. The number of hydrogen-bond donors (Lipinski definition) is 1. The van der Waals surface area contributed by atoms with E-state index in [1.807, 2.05) is 31.2 Å². The van der Waals surface area contributed by atoms with Gasteiger partial charge in [0.2, 0.25) is 15.9 Å². The maximum absolute atomic E-state index is 12.1. The molecule has 1 fully saturated rings. The van der Waals surface area contributed by atoms with E-state index < -0.39 is 10.0 Å². The van der Waals surface area contributed by atoms with E-state index in [9.17, 15) is 13.2 Å². The van der Waals surface area contributed by atoms with Crippen LogP contribution in [-0.2, 0) is 14.8 Å². The number of piperidine rings is 1. The number of carbonyl (C=O) groups excluding carboxylic acids is 1. The van der Waals surface area contributed by atoms with Crippen LogP contribution in [0.2, 0.25) is 0 Å². The fraction of sp³-hybridized carbons (Fsp3) is 0.562. The second-order valence-corrected chi connectivity index (χ2v) is 7.87. The van der Waals surface area contributed by atoms with Crippen LogP contribution < -0.4 is 10.1 Å². The van der Waals surface area contributed by atoms with Crippen molar-refractivity contribution >= 4 is 15.9 Å². The van der Waals surface area contributed by atoms with Crippen molar-refractivity contribution in [1.29, 1.82) is 0 Å². The van der Waals surface area contributed by atoms with Crippen molar-refractivity contribution in [3.05, 3.63) is 29.8 Å². The van der Waals surface area contributed by atoms with Crippen molar-refractivity contribution in [2.75, 3.05) is 32.5 Å². The van der Waals surface area contributed by atoms with Crippen molar-refractivity contribution in [3.63, 3.8) is 0 Å². The molecule has 0 spiro atoms. The zero-order chi connectivity index (χ0) is 16.9. The molecular weight excluding hydrogens is 316 g/mol. The summed E-state index contributed by atoms with van der Waals surface area (Å²) >= 11 is 0. The number of nitrogens with zero attached hydrogens (tertiary/aromatic N) is 1. The van der Waals surface area contributed by atoms with Crippen LogP contribution >= 0.6 is 0 Å². The summed E-state index contributed by atoms with van der Waals surface area (Å²) < 4.78 is 29.9. The highest BCUT2D eigenvalue weighted by molar-refractivity contribution is 7.88. The highest BCUT2D eigenvalue weighted by atomic mass is 32.2. The average molecular weight is 340 g/mol. The molecule has 23 heavy (non-hydrogen) atoms. The minimum absolute atomic E-state index is 0.0222. The SMILES string of the molecule is Cc1cccc(OCCNC(=O)C2CCN(S(C)(=O)=O)CC2)c1. The van der Waals surface area contributed by atoms with Crippen molar-refractivity contribution in [2.24, 2.45) is 5.92 Å². The smallest absolute Gasteiger partial charge is 0.223 e. The molecule has 1 N–H and O–H groups in total. The molecule has 1 aliphatic rings. The summed E-state index contributed by atoms with van der Waals surface area (Å²) in [6.07, 6.45) is 2.34. The summed E-state index contributed by atoms with van der Waals surface area (Å²) in [4.78, 5) is 12.1. The van der Waals surface area contributed by atoms with Gasteiger partial charge in [-0.05, 0) is 37.5 Å². The van der Waals surface area contributed by atoms with E-state index in [0.29, 0.717) is 39.1 Å². The summed E-state index contributed by atoms with van der Waals surface area (Å²) in [6, 6.07) is 7.76. The number of amides is 1. The van der Waals surface area contributed by atoms with Crippen LogP contribution in [0.3, 0.4) is 0 Å². The van der Waals surface area contributed by atoms with Crippen molar-refractivity contribution in [2.45, 2.75) is 19.8 Å². The third-order valence-corrected chi connectivity index (χ3v) is 5.26. The first kappa shape index (κ1) is 17.7. The fourth-order valence-corrected chi connectivity index (χ4v) is 3.52. The molecule has 6 nitrogen and oxygen atoms in total. The number of aryl methyl sites for hydroxylation is 1. The first-order chi connectivity index (χ1) is 10.9. The van der Waals surface area contributed by atoms with Crippen LogP contribution in [0.1, 0.15) is 18.4 Å². The lowest BCUT2D eigenvalue weighted by atomic mass is 9.97. The molecule has 0 bridgehead atoms. The van der Waals surface area contributed by atoms with Gasteiger partial charge >= 0.3 is 0 Å². The predicted octanol–water partition coefficient (Wildman–Crippen LogP) is 1.16. The van der Waals surface area contributed by atoms with Gasteiger partial charge < -0.3 is 10.1 Å². The summed E-state index contributed by atoms with van der Waals surface area (Å²) in [6.45, 7) is 3.68. The zero-order valence-electron chi connectivity index (χ0n) is 13.6. The Bertz CT molecular complexity index is 637. The van der Waals surface area contributed by atoms with Gasteiger partial charge in [0.25, 0.3) is 0 Å². The standard InChI is InChI=1S/C16H24N2O4S/c1-13-4-3-5-15(12-13)22-11-8-17-16(19)14-6-9-18(10-7-14)23(2,20)21/h3-5,12,14H,6-11H2,1-2H3,(H,17,19). The molecular formula is C16H24N2O4S. The van der Waals surface area contributed by atoms with Crippen LogP contribution in [0, 0.1) is 12.8 Å². The van der Waals surface area contributed by atoms with Crippen LogP contribution in [0.15, 0.2) is 24.3 Å². The van der Waals surface area contributed by atoms with E-state index in [4.69, 9.17) is 4.74 Å². The Morgan fingerprint density at radius 3 is 2.65 bits per heavy atom. The average Bonchev–Trinajstić information content (AvgIpc) is 2.51. The van der Waals surface area contributed by atoms with E-state index in [1.165, 1.54) is 10.6 Å². The lowest BCUT2D eigenvalue weighted by molar-refractivity contribution is -0.126. The van der Waals surface area contributed by atoms with Gasteiger partial charge in [-0.25, -0.2) is 12.7 Å². The quantitative estimate of drug-likeness (QED) is 0.789. The Balaban J connectivity index is 1.68. The number of rotatable bonds is 6. The fourth-order valence-electron chi connectivity index (χ4n) is 2.64. The van der Waals surface area contributed by atoms with Crippen LogP contribution in [-0.4, -0.2) is 51.1 Å². The van der Waals surface area contributed by atoms with Gasteiger partial charge in [0.15, 0.2) is 0 Å². The molecule has 0 atom stereocenters. The normalized spacial score (nSPS) is 17.0. The first-order valence-electron chi connectivity index (χ1n) is 7.78. The van der Waals surface area contributed by atoms with E-state index in [-0.39, 0.29) is 11.8 Å². The molecule has 2 rings (SSSR count). The highest BCUT2D eigenvalue weighted by Crippen LogP contribution is 2.19. The van der Waals surface area contributed by atoms with Gasteiger partial charge in [-0.3, -0.25) is 4.79 Å². The Morgan fingerprint density at radius 1 is 1.35 bits per heavy atom. The molecule has 1 heterocycles. The zero-order valence-corrected chi connectivity index (χ0v) is 14.4. The van der Waals surface area contributed by atoms with Crippen LogP contribution in [0.4, 0.5) is 0 Å². The topological polar surface area (TPSA) is 75.7 Å². The maximum atomic E-state index is 12.1. The number of ether oxygens (including phenoxy) is 1. The summed E-state index contributed by atoms with van der Waals surface area (Å²) in [7, 11) is -3.15. The van der Waals surface area contributed by atoms with Crippen molar-refractivity contribution in [1.82, 2.24) is 9.62 Å². The van der Waals surface area contributed by atoms with Gasteiger partial charge in [0.1, 0.15) is 12.4 Å². The molecule has 1 aromatic carbocycles. The molecule has 0 unspecified atom stereocenters. The predicted molar refractivity (Wildman–Crippen MR) is 88.8 cm³/mol. The third-order valence-electron chi connectivity index (χ3n) is 3.95. The number of nitrogens with one attached hydrogen (secondary N) is 1. The molecule has 0 saturated carbocycles. The van der Waals surface area contributed by atoms with Gasteiger partial charge in [0.05, 0.1) is 12.8 Å². The van der Waals surface area contributed by atoms with Gasteiger partial charge in [-0.1, -0.05) is 12.1 Å². The largest absolute Gasteiger partial charge is 0.492 e. The van der Waals surface area contributed by atoms with Crippen LogP contribution in [0.25, 0.3) is 0 Å². The molecule has 1 aliphatic heterocycles. The van der Waals surface area contributed by atoms with E-state index >= 15 is 0 Å². The monoisotopic (exact) mass is 340 g/mol. The summed E-state index contributed by atoms with van der Waals surface area (Å²) in [5.74, 6) is 0.652. The minimum atomic E-state index is -3.15. The molecule has 0 radical (unpaired) electrons. The molecule has 7 heteroatoms. The lowest BCUT2D eigenvalue weighted by Crippen LogP contribution is -2.43. The number of sulfonamides is 1. The Labute approximate surface area is 137 Å². The molecule has 128 valence electrons.